The minimum Gasteiger partial charge on any atom is -0.484 e. The van der Waals surface area contributed by atoms with Crippen LogP contribution in [0.5, 0.6) is 11.5 Å². The van der Waals surface area contributed by atoms with Crippen molar-refractivity contribution in [3.8, 4) is 11.5 Å². The van der Waals surface area contributed by atoms with E-state index in [0.717, 1.165) is 86.5 Å². The molecule has 0 unspecified atom stereocenters. The number of hydrogen-bond donors (Lipinski definition) is 3. The molecule has 0 saturated carbocycles. The molecule has 0 bridgehead atoms. The molecular formula is C42H46BrF3N14O4. The summed E-state index contributed by atoms with van der Waals surface area (Å²) in [6, 6.07) is 11.9. The Labute approximate surface area is 374 Å². The second-order valence-electron chi connectivity index (χ2n) is 15.1. The summed E-state index contributed by atoms with van der Waals surface area (Å²) in [5.41, 5.74) is 2.55. The van der Waals surface area contributed by atoms with Gasteiger partial charge in [-0.3, -0.25) is 9.59 Å². The van der Waals surface area contributed by atoms with E-state index in [2.05, 4.69) is 101 Å². The highest BCUT2D eigenvalue weighted by Gasteiger charge is 2.30. The molecule has 3 N–H and O–H groups in total. The first kappa shape index (κ1) is 45.6. The first-order valence-corrected chi connectivity index (χ1v) is 21.2. The van der Waals surface area contributed by atoms with Gasteiger partial charge in [0.05, 0.1) is 29.3 Å². The van der Waals surface area contributed by atoms with Gasteiger partial charge in [-0.1, -0.05) is 15.9 Å². The Morgan fingerprint density at radius 2 is 1.17 bits per heavy atom. The van der Waals surface area contributed by atoms with Gasteiger partial charge in [-0.05, 0) is 89.3 Å². The maximum atomic E-state index is 12.6. The number of aryl methyl sites for hydroxylation is 2. The number of benzene rings is 2. The molecule has 2 aliphatic heterocycles. The van der Waals surface area contributed by atoms with E-state index in [1.807, 2.05) is 26.0 Å². The highest BCUT2D eigenvalue weighted by atomic mass is 79.9. The molecule has 2 aliphatic rings. The third-order valence-corrected chi connectivity index (χ3v) is 10.8. The van der Waals surface area contributed by atoms with Gasteiger partial charge in [-0.25, -0.2) is 29.9 Å². The van der Waals surface area contributed by atoms with Crippen molar-refractivity contribution in [2.45, 2.75) is 38.9 Å². The molecule has 8 rings (SSSR count). The molecule has 6 heterocycles. The number of piperidine rings is 1. The summed E-state index contributed by atoms with van der Waals surface area (Å²) in [6.45, 7) is 8.37. The number of nitrogens with one attached hydrogen (secondary N) is 3. The summed E-state index contributed by atoms with van der Waals surface area (Å²) in [4.78, 5) is 66.7. The van der Waals surface area contributed by atoms with E-state index in [1.165, 1.54) is 12.4 Å². The summed E-state index contributed by atoms with van der Waals surface area (Å²) in [5, 5.41) is 8.58. The number of halogens is 4. The Balaban J connectivity index is 0.000000195. The Kier molecular flexibility index (Phi) is 14.6. The van der Waals surface area contributed by atoms with Crippen LogP contribution in [-0.2, 0) is 15.8 Å². The maximum absolute atomic E-state index is 12.6. The first-order valence-electron chi connectivity index (χ1n) is 20.4. The summed E-state index contributed by atoms with van der Waals surface area (Å²) in [6.07, 6.45) is 0.508. The largest absolute Gasteiger partial charge is 0.484 e. The number of amides is 2. The third kappa shape index (κ3) is 12.0. The number of hydrogen-bond acceptors (Lipinski definition) is 16. The quantitative estimate of drug-likeness (QED) is 0.153. The van der Waals surface area contributed by atoms with Gasteiger partial charge in [0.25, 0.3) is 11.8 Å². The summed E-state index contributed by atoms with van der Waals surface area (Å²) < 4.78 is 49.6. The van der Waals surface area contributed by atoms with Gasteiger partial charge in [-0.15, -0.1) is 0 Å². The summed E-state index contributed by atoms with van der Waals surface area (Å²) in [5.74, 6) is 1.71. The van der Waals surface area contributed by atoms with Gasteiger partial charge in [0.1, 0.15) is 22.5 Å². The van der Waals surface area contributed by atoms with Crippen LogP contribution in [0.4, 0.5) is 36.7 Å². The molecule has 0 radical (unpaired) electrons. The van der Waals surface area contributed by atoms with Crippen molar-refractivity contribution in [3.63, 3.8) is 0 Å². The number of nitrogens with zero attached hydrogens (tertiary/aromatic N) is 11. The lowest BCUT2D eigenvalue weighted by molar-refractivity contribution is -0.137. The Bertz CT molecular complexity index is 2580. The lowest BCUT2D eigenvalue weighted by Gasteiger charge is -2.35. The third-order valence-electron chi connectivity index (χ3n) is 10.3. The van der Waals surface area contributed by atoms with Crippen molar-refractivity contribution >= 4 is 73.6 Å². The zero-order valence-electron chi connectivity index (χ0n) is 35.5. The van der Waals surface area contributed by atoms with Crippen molar-refractivity contribution in [2.24, 2.45) is 0 Å². The SMILES string of the molecule is Cc1nc(N2CCC(N(C)C)CC2)nc2ncc(NC(=O)COc3ccc(C(F)(F)F)cc3)nc12.Cc1nc(N2CCNCC2)nc2ncc(NC(=O)COc3ccc(Br)cc3)nc12. The van der Waals surface area contributed by atoms with E-state index in [0.29, 0.717) is 57.5 Å². The molecule has 22 heteroatoms. The van der Waals surface area contributed by atoms with E-state index in [-0.39, 0.29) is 24.1 Å². The van der Waals surface area contributed by atoms with Crippen LogP contribution in [0.1, 0.15) is 29.8 Å². The fourth-order valence-corrected chi connectivity index (χ4v) is 7.10. The van der Waals surface area contributed by atoms with Gasteiger partial charge in [0.2, 0.25) is 11.9 Å². The molecule has 18 nitrogen and oxygen atoms in total. The summed E-state index contributed by atoms with van der Waals surface area (Å²) >= 11 is 3.36. The van der Waals surface area contributed by atoms with E-state index >= 15 is 0 Å². The van der Waals surface area contributed by atoms with Crippen LogP contribution in [0.3, 0.4) is 0 Å². The number of carbonyl (C=O) groups is 2. The number of piperazine rings is 1. The zero-order chi connectivity index (χ0) is 45.4. The van der Waals surface area contributed by atoms with Crippen LogP contribution in [0.2, 0.25) is 0 Å². The minimum atomic E-state index is -4.43. The van der Waals surface area contributed by atoms with Crippen molar-refractivity contribution in [3.05, 3.63) is 82.3 Å². The van der Waals surface area contributed by atoms with Crippen LogP contribution in [0, 0.1) is 13.8 Å². The Hall–Kier alpha value is -6.39. The first-order chi connectivity index (χ1) is 30.7. The number of rotatable bonds is 11. The molecule has 0 spiro atoms. The number of fused-ring (bicyclic) bond motifs is 2. The average Bonchev–Trinajstić information content (AvgIpc) is 3.29. The van der Waals surface area contributed by atoms with Crippen LogP contribution >= 0.6 is 15.9 Å². The molecule has 4 aromatic heterocycles. The van der Waals surface area contributed by atoms with Crippen molar-refractivity contribution in [1.29, 1.82) is 0 Å². The molecule has 0 aliphatic carbocycles. The number of alkyl halides is 3. The standard InChI is InChI=1S/C23H26F3N7O2.C19H20BrN7O2/c1-14-20-21(31-22(28-14)33-10-8-16(9-11-33)32(2)3)27-12-18(30-20)29-19(34)13-35-17-6-4-15(5-7-17)23(24,25)26;1-12-17-18(26-19(23-12)27-8-6-21-7-9-27)22-10-15(25-17)24-16(28)11-29-14-4-2-13(20)3-5-14/h4-7,12,16H,8-11,13H2,1-3H3,(H,29,30,34);2-5,10,21H,6-9,11H2,1H3,(H,24,25,28). The average molecular weight is 948 g/mol. The van der Waals surface area contributed by atoms with Gasteiger partial charge < -0.3 is 40.1 Å². The van der Waals surface area contributed by atoms with E-state index < -0.39 is 24.3 Å². The monoisotopic (exact) mass is 946 g/mol. The lowest BCUT2D eigenvalue weighted by Crippen LogP contribution is -2.44. The van der Waals surface area contributed by atoms with Crippen LogP contribution in [-0.4, -0.2) is 129 Å². The molecule has 0 atom stereocenters. The van der Waals surface area contributed by atoms with E-state index in [1.54, 1.807) is 12.1 Å². The highest BCUT2D eigenvalue weighted by Crippen LogP contribution is 2.30. The molecule has 2 amide bonds. The van der Waals surface area contributed by atoms with Crippen molar-refractivity contribution in [2.75, 3.05) is 87.0 Å². The second-order valence-corrected chi connectivity index (χ2v) is 16.1. The topological polar surface area (TPSA) is 202 Å². The van der Waals surface area contributed by atoms with Gasteiger partial charge in [0.15, 0.2) is 36.1 Å². The van der Waals surface area contributed by atoms with Crippen molar-refractivity contribution < 1.29 is 32.2 Å². The molecule has 64 heavy (non-hydrogen) atoms. The molecule has 336 valence electrons. The van der Waals surface area contributed by atoms with Crippen LogP contribution in [0.15, 0.2) is 65.4 Å². The highest BCUT2D eigenvalue weighted by molar-refractivity contribution is 9.10. The van der Waals surface area contributed by atoms with E-state index in [9.17, 15) is 22.8 Å². The van der Waals surface area contributed by atoms with Crippen molar-refractivity contribution in [1.82, 2.24) is 50.1 Å². The van der Waals surface area contributed by atoms with Crippen LogP contribution < -0.4 is 35.2 Å². The normalized spacial score (nSPS) is 14.6. The predicted octanol–water partition coefficient (Wildman–Crippen LogP) is 5.21. The fourth-order valence-electron chi connectivity index (χ4n) is 6.84. The zero-order valence-corrected chi connectivity index (χ0v) is 37.1. The van der Waals surface area contributed by atoms with Crippen LogP contribution in [0.25, 0.3) is 22.3 Å². The van der Waals surface area contributed by atoms with Gasteiger partial charge in [0, 0.05) is 49.8 Å². The van der Waals surface area contributed by atoms with Gasteiger partial charge in [-0.2, -0.15) is 23.1 Å². The number of carbonyl (C=O) groups excluding carboxylic acids is 2. The minimum absolute atomic E-state index is 0.126. The van der Waals surface area contributed by atoms with E-state index in [4.69, 9.17) is 9.47 Å². The molecule has 6 aromatic rings. The Morgan fingerprint density at radius 3 is 1.62 bits per heavy atom. The molecule has 2 saturated heterocycles. The fraction of sp³-hybridized carbons (Fsp3) is 0.381. The number of anilines is 4. The number of aromatic nitrogens is 8. The van der Waals surface area contributed by atoms with Gasteiger partial charge >= 0.3 is 6.18 Å². The molecule has 2 aromatic carbocycles. The Morgan fingerprint density at radius 1 is 0.719 bits per heavy atom. The lowest BCUT2D eigenvalue weighted by atomic mass is 10.0. The maximum Gasteiger partial charge on any atom is 0.416 e. The predicted molar refractivity (Wildman–Crippen MR) is 238 cm³/mol. The molecular weight excluding hydrogens is 901 g/mol. The number of ether oxygens (including phenoxy) is 2. The second kappa shape index (κ2) is 20.4. The smallest absolute Gasteiger partial charge is 0.416 e. The summed E-state index contributed by atoms with van der Waals surface area (Å²) in [7, 11) is 4.17. The molecule has 2 fully saturated rings.